The van der Waals surface area contributed by atoms with Gasteiger partial charge in [0.05, 0.1) is 21.9 Å². The second-order valence-corrected chi connectivity index (χ2v) is 7.22. The number of nitro groups is 1. The van der Waals surface area contributed by atoms with Crippen LogP contribution >= 0.6 is 11.3 Å². The summed E-state index contributed by atoms with van der Waals surface area (Å²) in [5.74, 6) is 0.0587. The van der Waals surface area contributed by atoms with Crippen LogP contribution in [0.3, 0.4) is 0 Å². The molecule has 8 nitrogen and oxygen atoms in total. The number of nitrogens with zero attached hydrogens (tertiary/aromatic N) is 3. The summed E-state index contributed by atoms with van der Waals surface area (Å²) in [4.78, 5) is 39.7. The highest BCUT2D eigenvalue weighted by Crippen LogP contribution is 2.30. The summed E-state index contributed by atoms with van der Waals surface area (Å²) in [6.45, 7) is 3.58. The molecule has 0 unspecified atom stereocenters. The summed E-state index contributed by atoms with van der Waals surface area (Å²) < 4.78 is 5.63. The Morgan fingerprint density at radius 3 is 2.60 bits per heavy atom. The molecule has 1 aromatic heterocycles. The van der Waals surface area contributed by atoms with Gasteiger partial charge in [-0.3, -0.25) is 24.6 Å². The van der Waals surface area contributed by atoms with Crippen molar-refractivity contribution in [3.8, 4) is 5.75 Å². The third kappa shape index (κ3) is 4.69. The number of rotatable bonds is 8. The molecule has 0 saturated carbocycles. The van der Waals surface area contributed by atoms with Crippen molar-refractivity contribution >= 4 is 40.0 Å². The van der Waals surface area contributed by atoms with Gasteiger partial charge >= 0.3 is 0 Å². The Bertz CT molecular complexity index is 1080. The molecule has 30 heavy (non-hydrogen) atoms. The van der Waals surface area contributed by atoms with Crippen molar-refractivity contribution < 1.29 is 19.2 Å². The van der Waals surface area contributed by atoms with Gasteiger partial charge in [0.25, 0.3) is 5.69 Å². The Hall–Kier alpha value is -3.59. The lowest BCUT2D eigenvalue weighted by Crippen LogP contribution is -2.22. The fraction of sp³-hybridized carbons (Fsp3) is 0.190. The van der Waals surface area contributed by atoms with Crippen molar-refractivity contribution in [2.24, 2.45) is 0 Å². The Kier molecular flexibility index (Phi) is 6.53. The van der Waals surface area contributed by atoms with E-state index in [1.807, 2.05) is 24.3 Å². The number of benzene rings is 2. The van der Waals surface area contributed by atoms with E-state index in [0.29, 0.717) is 17.1 Å². The van der Waals surface area contributed by atoms with Crippen LogP contribution in [0.25, 0.3) is 0 Å². The zero-order valence-electron chi connectivity index (χ0n) is 16.4. The summed E-state index contributed by atoms with van der Waals surface area (Å²) in [7, 11) is 0. The Morgan fingerprint density at radius 2 is 2.00 bits per heavy atom. The quantitative estimate of drug-likeness (QED) is 0.295. The normalized spacial score (nSPS) is 10.5. The molecule has 0 fully saturated rings. The average molecular weight is 425 g/mol. The molecule has 3 rings (SSSR count). The minimum absolute atomic E-state index is 0.0513. The highest BCUT2D eigenvalue weighted by Gasteiger charge is 2.18. The number of carbonyl (C=O) groups excluding carboxylic acids is 2. The van der Waals surface area contributed by atoms with Gasteiger partial charge < -0.3 is 4.74 Å². The lowest BCUT2D eigenvalue weighted by molar-refractivity contribution is -0.384. The van der Waals surface area contributed by atoms with Crippen molar-refractivity contribution in [3.05, 3.63) is 74.8 Å². The van der Waals surface area contributed by atoms with E-state index in [2.05, 4.69) is 11.9 Å². The van der Waals surface area contributed by atoms with Crippen LogP contribution in [-0.4, -0.2) is 22.1 Å². The zero-order chi connectivity index (χ0) is 21.7. The summed E-state index contributed by atoms with van der Waals surface area (Å²) in [5, 5.41) is 13.1. The van der Waals surface area contributed by atoms with Gasteiger partial charge in [-0.05, 0) is 30.2 Å². The van der Waals surface area contributed by atoms with Crippen molar-refractivity contribution in [2.75, 3.05) is 4.90 Å². The summed E-state index contributed by atoms with van der Waals surface area (Å²) >= 11 is 1.30. The monoisotopic (exact) mass is 425 g/mol. The number of non-ortho nitro benzene ring substituents is 1. The number of carbonyl (C=O) groups is 2. The minimum atomic E-state index is -0.577. The van der Waals surface area contributed by atoms with Crippen molar-refractivity contribution in [1.82, 2.24) is 4.98 Å². The molecule has 0 spiro atoms. The molecular formula is C21H19N3O5S. The number of thiazole rings is 1. The molecule has 1 heterocycles. The van der Waals surface area contributed by atoms with Gasteiger partial charge in [-0.2, -0.15) is 0 Å². The molecule has 9 heteroatoms. The number of amides is 1. The highest BCUT2D eigenvalue weighted by atomic mass is 32.1. The lowest BCUT2D eigenvalue weighted by Gasteiger charge is -2.18. The third-order valence-electron chi connectivity index (χ3n) is 4.36. The molecular weight excluding hydrogens is 406 g/mol. The summed E-state index contributed by atoms with van der Waals surface area (Å²) in [6.07, 6.45) is 1.41. The molecule has 154 valence electrons. The maximum atomic E-state index is 12.2. The number of hydrogen-bond donors (Lipinski definition) is 0. The zero-order valence-corrected chi connectivity index (χ0v) is 17.2. The van der Waals surface area contributed by atoms with Crippen LogP contribution in [0.1, 0.15) is 35.5 Å². The first-order valence-corrected chi connectivity index (χ1v) is 10.0. The van der Waals surface area contributed by atoms with E-state index < -0.39 is 4.92 Å². The van der Waals surface area contributed by atoms with E-state index in [9.17, 15) is 19.7 Å². The summed E-state index contributed by atoms with van der Waals surface area (Å²) in [6, 6.07) is 11.5. The van der Waals surface area contributed by atoms with Gasteiger partial charge in [-0.25, -0.2) is 4.98 Å². The molecule has 0 aliphatic carbocycles. The van der Waals surface area contributed by atoms with Crippen LogP contribution in [0, 0.1) is 10.1 Å². The van der Waals surface area contributed by atoms with E-state index in [4.69, 9.17) is 4.74 Å². The van der Waals surface area contributed by atoms with E-state index in [0.717, 1.165) is 18.2 Å². The van der Waals surface area contributed by atoms with Gasteiger partial charge in [0.2, 0.25) is 5.91 Å². The number of hydrogen-bond acceptors (Lipinski definition) is 7. The number of ether oxygens (including phenoxy) is 1. The number of aryl methyl sites for hydroxylation is 1. The first kappa shape index (κ1) is 21.1. The van der Waals surface area contributed by atoms with Crippen molar-refractivity contribution in [1.29, 1.82) is 0 Å². The van der Waals surface area contributed by atoms with E-state index in [-0.39, 0.29) is 29.5 Å². The highest BCUT2D eigenvalue weighted by molar-refractivity contribution is 7.14. The molecule has 0 aliphatic heterocycles. The SMILES string of the molecule is CCc1ccc(N(C(C)=O)c2nc(COc3ccc([N+](=O)[O-])cc3C=O)cs2)cc1. The Morgan fingerprint density at radius 1 is 1.27 bits per heavy atom. The molecule has 1 amide bonds. The number of aldehydes is 1. The fourth-order valence-electron chi connectivity index (χ4n) is 2.80. The van der Waals surface area contributed by atoms with Gasteiger partial charge in [0.15, 0.2) is 11.4 Å². The van der Waals surface area contributed by atoms with E-state index >= 15 is 0 Å². The Balaban J connectivity index is 1.77. The molecule has 0 saturated heterocycles. The predicted molar refractivity (Wildman–Crippen MR) is 114 cm³/mol. The fourth-order valence-corrected chi connectivity index (χ4v) is 3.67. The molecule has 2 aromatic carbocycles. The standard InChI is InChI=1S/C21H19N3O5S/c1-3-15-4-6-18(7-5-15)23(14(2)26)21-22-17(13-30-21)12-29-20-9-8-19(24(27)28)10-16(20)11-25/h4-11,13H,3,12H2,1-2H3. The third-order valence-corrected chi connectivity index (χ3v) is 5.23. The van der Waals surface area contributed by atoms with E-state index in [1.165, 1.54) is 40.9 Å². The molecule has 0 atom stereocenters. The number of nitro benzene ring substituents is 1. The first-order chi connectivity index (χ1) is 14.4. The molecule has 0 aliphatic rings. The largest absolute Gasteiger partial charge is 0.487 e. The smallest absolute Gasteiger partial charge is 0.270 e. The maximum absolute atomic E-state index is 12.2. The minimum Gasteiger partial charge on any atom is -0.487 e. The van der Waals surface area contributed by atoms with E-state index in [1.54, 1.807) is 5.38 Å². The van der Waals surface area contributed by atoms with Crippen molar-refractivity contribution in [3.63, 3.8) is 0 Å². The summed E-state index contributed by atoms with van der Waals surface area (Å²) in [5.41, 5.74) is 2.36. The van der Waals surface area contributed by atoms with Crippen LogP contribution in [0.4, 0.5) is 16.5 Å². The molecule has 0 radical (unpaired) electrons. The second kappa shape index (κ2) is 9.27. The topological polar surface area (TPSA) is 103 Å². The lowest BCUT2D eigenvalue weighted by atomic mass is 10.1. The van der Waals surface area contributed by atoms with Crippen LogP contribution in [0.5, 0.6) is 5.75 Å². The van der Waals surface area contributed by atoms with Gasteiger partial charge in [0.1, 0.15) is 12.4 Å². The molecule has 0 bridgehead atoms. The second-order valence-electron chi connectivity index (χ2n) is 6.38. The number of anilines is 2. The van der Waals surface area contributed by atoms with Crippen LogP contribution in [0.15, 0.2) is 47.8 Å². The number of aromatic nitrogens is 1. The van der Waals surface area contributed by atoms with Gasteiger partial charge in [0, 0.05) is 24.4 Å². The van der Waals surface area contributed by atoms with Crippen molar-refractivity contribution in [2.45, 2.75) is 26.9 Å². The van der Waals surface area contributed by atoms with Gasteiger partial charge in [-0.1, -0.05) is 19.1 Å². The maximum Gasteiger partial charge on any atom is 0.270 e. The first-order valence-electron chi connectivity index (χ1n) is 9.13. The Labute approximate surface area is 176 Å². The molecule has 0 N–H and O–H groups in total. The predicted octanol–water partition coefficient (Wildman–Crippen LogP) is 4.69. The van der Waals surface area contributed by atoms with Crippen LogP contribution in [-0.2, 0) is 17.8 Å². The van der Waals surface area contributed by atoms with Crippen LogP contribution < -0.4 is 9.64 Å². The van der Waals surface area contributed by atoms with Gasteiger partial charge in [-0.15, -0.1) is 11.3 Å². The van der Waals surface area contributed by atoms with Crippen LogP contribution in [0.2, 0.25) is 0 Å². The molecule has 3 aromatic rings. The average Bonchev–Trinajstić information content (AvgIpc) is 3.20.